The number of rotatable bonds is 3. The van der Waals surface area contributed by atoms with Crippen molar-refractivity contribution in [1.82, 2.24) is 15.5 Å². The zero-order chi connectivity index (χ0) is 11.5. The van der Waals surface area contributed by atoms with Crippen LogP contribution in [0.3, 0.4) is 0 Å². The molecule has 1 fully saturated rings. The van der Waals surface area contributed by atoms with Crippen LogP contribution < -0.4 is 20.2 Å². The van der Waals surface area contributed by atoms with Gasteiger partial charge in [0.2, 0.25) is 0 Å². The van der Waals surface area contributed by atoms with Gasteiger partial charge in [0.25, 0.3) is 5.69 Å². The Morgan fingerprint density at radius 2 is 2.00 bits per heavy atom. The van der Waals surface area contributed by atoms with Gasteiger partial charge in [-0.25, -0.2) is 0 Å². The lowest BCUT2D eigenvalue weighted by Gasteiger charge is -2.25. The third-order valence-corrected chi connectivity index (χ3v) is 2.64. The molecule has 0 unspecified atom stereocenters. The number of aromatic nitrogens is 2. The number of hydrogen-bond acceptors (Lipinski definition) is 6. The highest BCUT2D eigenvalue weighted by molar-refractivity contribution is 5.85. The van der Waals surface area contributed by atoms with Crippen molar-refractivity contribution in [2.75, 3.05) is 45.3 Å². The van der Waals surface area contributed by atoms with E-state index in [4.69, 9.17) is 0 Å². The van der Waals surface area contributed by atoms with Crippen LogP contribution in [-0.2, 0) is 6.54 Å². The standard InChI is InChI=1S/C9H17N5O2.2ClH/c1-12(2)14-8(9(15)16-11-14)7-13-5-3-10-4-6-13;;/h10H,3-7H2,1-2H3;2*1H. The smallest absolute Gasteiger partial charge is 0.281 e. The van der Waals surface area contributed by atoms with Crippen LogP contribution in [-0.4, -0.2) is 50.4 Å². The highest BCUT2D eigenvalue weighted by Gasteiger charge is 2.23. The monoisotopic (exact) mass is 299 g/mol. The van der Waals surface area contributed by atoms with E-state index in [9.17, 15) is 5.11 Å². The minimum atomic E-state index is -0.354. The maximum Gasteiger partial charge on any atom is 0.281 e. The molecule has 1 aromatic rings. The molecule has 106 valence electrons. The van der Waals surface area contributed by atoms with Gasteiger partial charge in [0.1, 0.15) is 5.27 Å². The second kappa shape index (κ2) is 7.63. The van der Waals surface area contributed by atoms with Crippen LogP contribution in [0.2, 0.25) is 0 Å². The van der Waals surface area contributed by atoms with Gasteiger partial charge in [-0.3, -0.25) is 4.90 Å². The number of nitrogens with zero attached hydrogens (tertiary/aromatic N) is 4. The molecule has 1 N–H and O–H groups in total. The summed E-state index contributed by atoms with van der Waals surface area (Å²) in [4.78, 5) is 3.72. The van der Waals surface area contributed by atoms with Gasteiger partial charge in [-0.05, 0) is 0 Å². The molecule has 18 heavy (non-hydrogen) atoms. The molecule has 2 rings (SSSR count). The molecule has 7 nitrogen and oxygen atoms in total. The Labute approximate surface area is 118 Å². The Morgan fingerprint density at radius 1 is 1.39 bits per heavy atom. The number of hydrogen-bond donors (Lipinski definition) is 1. The molecule has 0 saturated carbocycles. The Balaban J connectivity index is 0.00000144. The molecule has 1 saturated heterocycles. The average Bonchev–Trinajstić information content (AvgIpc) is 2.62. The summed E-state index contributed by atoms with van der Waals surface area (Å²) in [5.41, 5.74) is 0.576. The Bertz CT molecular complexity index is 355. The second-order valence-electron chi connectivity index (χ2n) is 4.07. The molecule has 0 spiro atoms. The van der Waals surface area contributed by atoms with Crippen molar-refractivity contribution in [3.63, 3.8) is 0 Å². The van der Waals surface area contributed by atoms with E-state index in [0.717, 1.165) is 26.2 Å². The van der Waals surface area contributed by atoms with Gasteiger partial charge in [-0.2, -0.15) is 5.01 Å². The lowest BCUT2D eigenvalue weighted by molar-refractivity contribution is -0.760. The minimum absolute atomic E-state index is 0. The van der Waals surface area contributed by atoms with Crippen molar-refractivity contribution in [2.45, 2.75) is 6.54 Å². The van der Waals surface area contributed by atoms with Gasteiger partial charge in [0, 0.05) is 31.0 Å². The second-order valence-corrected chi connectivity index (χ2v) is 4.07. The van der Waals surface area contributed by atoms with E-state index in [1.807, 2.05) is 14.1 Å². The van der Waals surface area contributed by atoms with Crippen LogP contribution in [0.1, 0.15) is 5.69 Å². The average molecular weight is 300 g/mol. The molecule has 0 amide bonds. The van der Waals surface area contributed by atoms with Crippen LogP contribution in [0, 0.1) is 0 Å². The van der Waals surface area contributed by atoms with E-state index in [2.05, 4.69) is 20.0 Å². The predicted octanol–water partition coefficient (Wildman–Crippen LogP) is -1.52. The van der Waals surface area contributed by atoms with Gasteiger partial charge >= 0.3 is 0 Å². The fourth-order valence-electron chi connectivity index (χ4n) is 1.78. The van der Waals surface area contributed by atoms with Crippen LogP contribution in [0.25, 0.3) is 0 Å². The molecule has 1 aliphatic heterocycles. The fraction of sp³-hybridized carbons (Fsp3) is 0.778. The summed E-state index contributed by atoms with van der Waals surface area (Å²) in [5.74, 6) is -0.354. The zero-order valence-corrected chi connectivity index (χ0v) is 12.1. The van der Waals surface area contributed by atoms with Gasteiger partial charge in [0.15, 0.2) is 5.95 Å². The van der Waals surface area contributed by atoms with E-state index in [0.29, 0.717) is 12.2 Å². The number of halogens is 2. The minimum Gasteiger partial charge on any atom is -0.539 e. The lowest BCUT2D eigenvalue weighted by Crippen LogP contribution is -2.58. The number of piperazine rings is 1. The van der Waals surface area contributed by atoms with Gasteiger partial charge in [0.05, 0.1) is 20.6 Å². The summed E-state index contributed by atoms with van der Waals surface area (Å²) in [6, 6.07) is 0. The molecule has 0 radical (unpaired) electrons. The molecular formula is C9H19Cl2N5O2. The largest absolute Gasteiger partial charge is 0.539 e. The third kappa shape index (κ3) is 3.88. The molecule has 9 heteroatoms. The third-order valence-electron chi connectivity index (χ3n) is 2.64. The molecule has 0 aromatic carbocycles. The quantitative estimate of drug-likeness (QED) is 0.684. The van der Waals surface area contributed by atoms with Crippen LogP contribution in [0.15, 0.2) is 4.52 Å². The van der Waals surface area contributed by atoms with E-state index >= 15 is 0 Å². The molecular weight excluding hydrogens is 281 g/mol. The van der Waals surface area contributed by atoms with Crippen molar-refractivity contribution >= 4 is 24.8 Å². The molecule has 0 bridgehead atoms. The Hall–Kier alpha value is -0.760. The first kappa shape index (κ1) is 17.2. The summed E-state index contributed by atoms with van der Waals surface area (Å²) in [6.45, 7) is 4.39. The predicted molar refractivity (Wildman–Crippen MR) is 68.9 cm³/mol. The Morgan fingerprint density at radius 3 is 2.56 bits per heavy atom. The van der Waals surface area contributed by atoms with E-state index < -0.39 is 0 Å². The summed E-state index contributed by atoms with van der Waals surface area (Å²) in [6.07, 6.45) is 0. The first-order chi connectivity index (χ1) is 7.68. The van der Waals surface area contributed by atoms with Crippen molar-refractivity contribution in [3.05, 3.63) is 5.69 Å². The van der Waals surface area contributed by atoms with Crippen LogP contribution >= 0.6 is 24.8 Å². The maximum atomic E-state index is 11.5. The highest BCUT2D eigenvalue weighted by Crippen LogP contribution is 2.10. The van der Waals surface area contributed by atoms with Crippen molar-refractivity contribution in [1.29, 1.82) is 0 Å². The summed E-state index contributed by atoms with van der Waals surface area (Å²) in [5, 5.41) is 20.2. The SMILES string of the molecule is CN(C)[n+]1noc([O-])c1CN1CCNCC1.Cl.Cl. The molecule has 2 heterocycles. The zero-order valence-electron chi connectivity index (χ0n) is 10.5. The fourth-order valence-corrected chi connectivity index (χ4v) is 1.78. The summed E-state index contributed by atoms with van der Waals surface area (Å²) >= 11 is 0. The summed E-state index contributed by atoms with van der Waals surface area (Å²) in [7, 11) is 3.65. The van der Waals surface area contributed by atoms with Gasteiger partial charge < -0.3 is 14.9 Å². The van der Waals surface area contributed by atoms with E-state index in [1.165, 1.54) is 4.79 Å². The topological polar surface area (TPSA) is 71.5 Å². The molecule has 0 atom stereocenters. The highest BCUT2D eigenvalue weighted by atomic mass is 35.5. The lowest BCUT2D eigenvalue weighted by atomic mass is 10.3. The van der Waals surface area contributed by atoms with E-state index in [1.54, 1.807) is 5.01 Å². The molecule has 1 aliphatic rings. The van der Waals surface area contributed by atoms with Crippen molar-refractivity contribution in [2.24, 2.45) is 0 Å². The van der Waals surface area contributed by atoms with E-state index in [-0.39, 0.29) is 30.8 Å². The Kier molecular flexibility index (Phi) is 7.30. The van der Waals surface area contributed by atoms with Crippen LogP contribution in [0.4, 0.5) is 0 Å². The van der Waals surface area contributed by atoms with Crippen molar-refractivity contribution < 1.29 is 14.4 Å². The first-order valence-corrected chi connectivity index (χ1v) is 5.37. The number of nitrogens with one attached hydrogen (secondary N) is 1. The maximum absolute atomic E-state index is 11.5. The van der Waals surface area contributed by atoms with Crippen LogP contribution in [0.5, 0.6) is 5.95 Å². The first-order valence-electron chi connectivity index (χ1n) is 5.37. The normalized spacial score (nSPS) is 15.7. The molecule has 0 aliphatic carbocycles. The summed E-state index contributed by atoms with van der Waals surface area (Å²) < 4.78 is 4.67. The van der Waals surface area contributed by atoms with Crippen molar-refractivity contribution in [3.8, 4) is 5.95 Å². The van der Waals surface area contributed by atoms with Gasteiger partial charge in [-0.1, -0.05) is 0 Å². The van der Waals surface area contributed by atoms with Gasteiger partial charge in [-0.15, -0.1) is 24.8 Å². The molecule has 1 aromatic heterocycles.